The van der Waals surface area contributed by atoms with E-state index in [0.29, 0.717) is 16.1 Å². The lowest BCUT2D eigenvalue weighted by Crippen LogP contribution is -2.31. The van der Waals surface area contributed by atoms with E-state index in [4.69, 9.17) is 16.3 Å². The molecule has 2 amide bonds. The zero-order valence-electron chi connectivity index (χ0n) is 20.0. The Kier molecular flexibility index (Phi) is 10.0. The highest BCUT2D eigenvalue weighted by molar-refractivity contribution is 6.30. The fourth-order valence-corrected chi connectivity index (χ4v) is 3.29. The minimum atomic E-state index is -4.62. The van der Waals surface area contributed by atoms with Crippen molar-refractivity contribution in [1.29, 1.82) is 0 Å². The van der Waals surface area contributed by atoms with Crippen molar-refractivity contribution in [2.75, 3.05) is 18.2 Å². The highest BCUT2D eigenvalue weighted by Crippen LogP contribution is 2.31. The van der Waals surface area contributed by atoms with Crippen LogP contribution in [-0.4, -0.2) is 37.1 Å². The lowest BCUT2D eigenvalue weighted by atomic mass is 10.2. The Morgan fingerprint density at radius 1 is 0.974 bits per heavy atom. The first kappa shape index (κ1) is 28.4. The summed E-state index contributed by atoms with van der Waals surface area (Å²) in [7, 11) is 0. The van der Waals surface area contributed by atoms with Gasteiger partial charge in [0, 0.05) is 23.6 Å². The maximum absolute atomic E-state index is 13.2. The molecule has 0 saturated carbocycles. The number of nitrogens with zero attached hydrogens (tertiary/aromatic N) is 2. The zero-order valence-corrected chi connectivity index (χ0v) is 20.7. The highest BCUT2D eigenvalue weighted by atomic mass is 35.5. The molecule has 11 heteroatoms. The Labute approximate surface area is 221 Å². The van der Waals surface area contributed by atoms with Gasteiger partial charge in [0.1, 0.15) is 0 Å². The summed E-state index contributed by atoms with van der Waals surface area (Å²) in [6.07, 6.45) is -3.16. The molecule has 0 bridgehead atoms. The molecular formula is C27H23ClF3N3O4. The van der Waals surface area contributed by atoms with E-state index in [1.165, 1.54) is 12.3 Å². The number of carbonyl (C=O) groups is 3. The number of hydrogen-bond acceptors (Lipinski definition) is 5. The zero-order chi connectivity index (χ0) is 27.5. The molecule has 3 rings (SSSR count). The quantitative estimate of drug-likeness (QED) is 0.158. The van der Waals surface area contributed by atoms with Crippen molar-refractivity contribution in [2.45, 2.75) is 19.0 Å². The van der Waals surface area contributed by atoms with E-state index in [-0.39, 0.29) is 31.0 Å². The van der Waals surface area contributed by atoms with Crippen LogP contribution in [0.4, 0.5) is 18.9 Å². The number of halogens is 4. The number of anilines is 1. The van der Waals surface area contributed by atoms with Crippen molar-refractivity contribution in [3.05, 3.63) is 101 Å². The van der Waals surface area contributed by atoms with E-state index in [1.54, 1.807) is 54.6 Å². The topological polar surface area (TPSA) is 88.1 Å². The molecule has 0 aliphatic heterocycles. The maximum atomic E-state index is 13.2. The highest BCUT2D eigenvalue weighted by Gasteiger charge is 2.31. The largest absolute Gasteiger partial charge is 0.455 e. The van der Waals surface area contributed by atoms with E-state index in [2.05, 4.69) is 10.4 Å². The molecule has 38 heavy (non-hydrogen) atoms. The van der Waals surface area contributed by atoms with Gasteiger partial charge >= 0.3 is 12.1 Å². The number of hydrogen-bond donors (Lipinski definition) is 1. The minimum absolute atomic E-state index is 0.0922. The predicted octanol–water partition coefficient (Wildman–Crippen LogP) is 5.48. The Hall–Kier alpha value is -4.18. The van der Waals surface area contributed by atoms with Crippen molar-refractivity contribution < 1.29 is 32.3 Å². The van der Waals surface area contributed by atoms with Crippen LogP contribution in [0.25, 0.3) is 0 Å². The molecule has 0 heterocycles. The number of alkyl halides is 3. The summed E-state index contributed by atoms with van der Waals surface area (Å²) in [5.74, 6) is -1.89. The van der Waals surface area contributed by atoms with Gasteiger partial charge in [0.25, 0.3) is 11.8 Å². The van der Waals surface area contributed by atoms with Crippen LogP contribution >= 0.6 is 11.6 Å². The first-order valence-electron chi connectivity index (χ1n) is 11.4. The maximum Gasteiger partial charge on any atom is 0.416 e. The van der Waals surface area contributed by atoms with E-state index in [9.17, 15) is 27.6 Å². The number of esters is 1. The first-order valence-corrected chi connectivity index (χ1v) is 11.8. The number of amides is 2. The monoisotopic (exact) mass is 545 g/mol. The average Bonchev–Trinajstić information content (AvgIpc) is 2.90. The van der Waals surface area contributed by atoms with Gasteiger partial charge in [-0.1, -0.05) is 48.0 Å². The van der Waals surface area contributed by atoms with Gasteiger partial charge in [-0.25, -0.2) is 0 Å². The van der Waals surface area contributed by atoms with Crippen molar-refractivity contribution in [3.63, 3.8) is 0 Å². The molecule has 0 fully saturated rings. The van der Waals surface area contributed by atoms with Crippen molar-refractivity contribution in [1.82, 2.24) is 5.32 Å². The molecule has 198 valence electrons. The number of rotatable bonds is 10. The molecule has 0 aliphatic rings. The van der Waals surface area contributed by atoms with Crippen molar-refractivity contribution in [2.24, 2.45) is 5.10 Å². The van der Waals surface area contributed by atoms with Crippen molar-refractivity contribution in [3.8, 4) is 0 Å². The fourth-order valence-electron chi connectivity index (χ4n) is 3.17. The second kappa shape index (κ2) is 13.4. The van der Waals surface area contributed by atoms with E-state index >= 15 is 0 Å². The summed E-state index contributed by atoms with van der Waals surface area (Å²) in [6.45, 7) is -0.555. The minimum Gasteiger partial charge on any atom is -0.455 e. The van der Waals surface area contributed by atoms with Gasteiger partial charge in [-0.15, -0.1) is 0 Å². The van der Waals surface area contributed by atoms with Crippen molar-refractivity contribution >= 4 is 41.3 Å². The summed E-state index contributed by atoms with van der Waals surface area (Å²) in [4.78, 5) is 37.0. The van der Waals surface area contributed by atoms with Gasteiger partial charge in [0.05, 0.1) is 17.5 Å². The van der Waals surface area contributed by atoms with E-state index < -0.39 is 30.2 Å². The third-order valence-corrected chi connectivity index (χ3v) is 5.33. The third kappa shape index (κ3) is 8.74. The molecule has 0 unspecified atom stereocenters. The summed E-state index contributed by atoms with van der Waals surface area (Å²) in [6, 6.07) is 19.0. The summed E-state index contributed by atoms with van der Waals surface area (Å²) < 4.78 is 44.6. The SMILES string of the molecule is O=C(CCCNC(=O)c1ccc(Cl)cc1)OCC(=O)N(/N=C\c1ccccc1)c1cccc(C(F)(F)F)c1. The number of benzene rings is 3. The molecule has 0 spiro atoms. The van der Waals surface area contributed by atoms with Crippen LogP contribution in [0, 0.1) is 0 Å². The van der Waals surface area contributed by atoms with Crippen LogP contribution in [0.1, 0.15) is 34.3 Å². The van der Waals surface area contributed by atoms with Gasteiger partial charge in [-0.3, -0.25) is 14.4 Å². The smallest absolute Gasteiger partial charge is 0.416 e. The van der Waals surface area contributed by atoms with Gasteiger partial charge in [0.2, 0.25) is 0 Å². The second-order valence-electron chi connectivity index (χ2n) is 7.94. The molecule has 3 aromatic carbocycles. The summed E-state index contributed by atoms with van der Waals surface area (Å²) >= 11 is 5.79. The van der Waals surface area contributed by atoms with Gasteiger partial charge < -0.3 is 10.1 Å². The Morgan fingerprint density at radius 2 is 1.68 bits per heavy atom. The lowest BCUT2D eigenvalue weighted by Gasteiger charge is -2.18. The Bertz CT molecular complexity index is 1280. The normalized spacial score (nSPS) is 11.3. The second-order valence-corrected chi connectivity index (χ2v) is 8.37. The fraction of sp³-hybridized carbons (Fsp3) is 0.185. The summed E-state index contributed by atoms with van der Waals surface area (Å²) in [5, 5.41) is 7.94. The average molecular weight is 546 g/mol. The molecule has 7 nitrogen and oxygen atoms in total. The number of carbonyl (C=O) groups excluding carboxylic acids is 3. The Balaban J connectivity index is 1.57. The van der Waals surface area contributed by atoms with Crippen LogP contribution in [0.2, 0.25) is 5.02 Å². The Morgan fingerprint density at radius 3 is 2.37 bits per heavy atom. The third-order valence-electron chi connectivity index (χ3n) is 5.08. The van der Waals surface area contributed by atoms with Crippen LogP contribution in [0.5, 0.6) is 0 Å². The summed E-state index contributed by atoms with van der Waals surface area (Å²) in [5.41, 5.74) is -0.0819. The van der Waals surface area contributed by atoms with Crippen LogP contribution in [0.15, 0.2) is 84.0 Å². The predicted molar refractivity (Wildman–Crippen MR) is 137 cm³/mol. The van der Waals surface area contributed by atoms with Crippen LogP contribution < -0.4 is 10.3 Å². The number of nitrogens with one attached hydrogen (secondary N) is 1. The molecular weight excluding hydrogens is 523 g/mol. The molecule has 1 N–H and O–H groups in total. The molecule has 0 atom stereocenters. The molecule has 0 aromatic heterocycles. The molecule has 0 saturated heterocycles. The van der Waals surface area contributed by atoms with Gasteiger partial charge in [-0.2, -0.15) is 23.3 Å². The van der Waals surface area contributed by atoms with E-state index in [0.717, 1.165) is 23.2 Å². The van der Waals surface area contributed by atoms with Crippen LogP contribution in [-0.2, 0) is 20.5 Å². The number of hydrazone groups is 1. The van der Waals surface area contributed by atoms with Crippen LogP contribution in [0.3, 0.4) is 0 Å². The lowest BCUT2D eigenvalue weighted by molar-refractivity contribution is -0.147. The van der Waals surface area contributed by atoms with Gasteiger partial charge in [-0.05, 0) is 54.4 Å². The number of ether oxygens (including phenoxy) is 1. The van der Waals surface area contributed by atoms with E-state index in [1.807, 2.05) is 0 Å². The standard InChI is InChI=1S/C27H23ClF3N3O4/c28-22-13-11-20(12-14-22)26(37)32-15-5-10-25(36)38-18-24(35)34(33-17-19-6-2-1-3-7-19)23-9-4-8-21(16-23)27(29,30)31/h1-4,6-9,11-14,16-17H,5,10,15,18H2,(H,32,37)/b33-17-. The molecule has 0 aliphatic carbocycles. The molecule has 0 radical (unpaired) electrons. The molecule has 3 aromatic rings. The first-order chi connectivity index (χ1) is 18.1. The van der Waals surface area contributed by atoms with Gasteiger partial charge in [0.15, 0.2) is 6.61 Å².